The molecule has 0 aliphatic heterocycles. The Labute approximate surface area is 103 Å². The maximum atomic E-state index is 5.81. The van der Waals surface area contributed by atoms with E-state index in [1.54, 1.807) is 13.3 Å². The Morgan fingerprint density at radius 1 is 1.41 bits per heavy atom. The maximum Gasteiger partial charge on any atom is 0.138 e. The van der Waals surface area contributed by atoms with E-state index in [2.05, 4.69) is 17.2 Å². The lowest BCUT2D eigenvalue weighted by Crippen LogP contribution is -2.35. The molecule has 0 fully saturated rings. The molecular formula is C13H22N2O2. The van der Waals surface area contributed by atoms with E-state index in [1.807, 2.05) is 19.1 Å². The first-order valence-corrected chi connectivity index (χ1v) is 6.05. The monoisotopic (exact) mass is 238 g/mol. The highest BCUT2D eigenvalue weighted by Gasteiger charge is 2.09. The van der Waals surface area contributed by atoms with E-state index in [0.29, 0.717) is 6.61 Å². The van der Waals surface area contributed by atoms with E-state index in [1.165, 1.54) is 0 Å². The van der Waals surface area contributed by atoms with Crippen molar-refractivity contribution in [3.8, 4) is 5.75 Å². The van der Waals surface area contributed by atoms with Gasteiger partial charge < -0.3 is 14.8 Å². The van der Waals surface area contributed by atoms with Gasteiger partial charge in [-0.25, -0.2) is 0 Å². The predicted octanol–water partition coefficient (Wildman–Crippen LogP) is 1.78. The summed E-state index contributed by atoms with van der Waals surface area (Å²) in [5.41, 5.74) is 0.991. The Balaban J connectivity index is 2.44. The summed E-state index contributed by atoms with van der Waals surface area (Å²) in [5.74, 6) is 0.788. The Morgan fingerprint density at radius 3 is 2.82 bits per heavy atom. The molecule has 0 saturated heterocycles. The van der Waals surface area contributed by atoms with Crippen LogP contribution in [0.2, 0.25) is 0 Å². The lowest BCUT2D eigenvalue weighted by Gasteiger charge is -2.18. The number of methoxy groups -OCH3 is 1. The zero-order valence-corrected chi connectivity index (χ0v) is 10.9. The molecule has 1 atom stereocenters. The molecule has 0 bridgehead atoms. The highest BCUT2D eigenvalue weighted by molar-refractivity contribution is 5.19. The summed E-state index contributed by atoms with van der Waals surface area (Å²) in [6, 6.07) is 3.88. The van der Waals surface area contributed by atoms with Gasteiger partial charge in [0.15, 0.2) is 0 Å². The van der Waals surface area contributed by atoms with Gasteiger partial charge in [-0.1, -0.05) is 6.92 Å². The van der Waals surface area contributed by atoms with Crippen molar-refractivity contribution in [2.45, 2.75) is 26.4 Å². The van der Waals surface area contributed by atoms with E-state index in [4.69, 9.17) is 9.47 Å². The minimum atomic E-state index is 0.0241. The van der Waals surface area contributed by atoms with Crippen molar-refractivity contribution >= 4 is 0 Å². The fourth-order valence-corrected chi connectivity index (χ4v) is 1.48. The van der Waals surface area contributed by atoms with Gasteiger partial charge in [-0.2, -0.15) is 0 Å². The molecule has 4 nitrogen and oxygen atoms in total. The number of pyridine rings is 1. The van der Waals surface area contributed by atoms with Crippen LogP contribution >= 0.6 is 0 Å². The first-order chi connectivity index (χ1) is 8.26. The van der Waals surface area contributed by atoms with Crippen LogP contribution in [0, 0.1) is 6.92 Å². The molecule has 0 aromatic carbocycles. The van der Waals surface area contributed by atoms with Crippen molar-refractivity contribution in [1.82, 2.24) is 10.3 Å². The molecule has 0 saturated carbocycles. The van der Waals surface area contributed by atoms with Crippen LogP contribution in [0.1, 0.15) is 19.0 Å². The lowest BCUT2D eigenvalue weighted by molar-refractivity contribution is 0.0805. The van der Waals surface area contributed by atoms with Gasteiger partial charge in [0.25, 0.3) is 0 Å². The van der Waals surface area contributed by atoms with Crippen LogP contribution in [0.4, 0.5) is 0 Å². The molecule has 0 radical (unpaired) electrons. The summed E-state index contributed by atoms with van der Waals surface area (Å²) in [6.07, 6.45) is 2.89. The van der Waals surface area contributed by atoms with Gasteiger partial charge in [-0.05, 0) is 32.0 Å². The average molecular weight is 238 g/mol. The van der Waals surface area contributed by atoms with Crippen LogP contribution in [0.15, 0.2) is 18.3 Å². The molecule has 1 heterocycles. The smallest absolute Gasteiger partial charge is 0.138 e. The standard InChI is InChI=1S/C13H22N2O2/c1-4-7-14-8-13(10-16-3)17-12-6-5-11(2)15-9-12/h5-6,9,13-14H,4,7-8,10H2,1-3H3. The molecule has 96 valence electrons. The van der Waals surface area contributed by atoms with Crippen molar-refractivity contribution in [2.75, 3.05) is 26.8 Å². The van der Waals surface area contributed by atoms with Gasteiger partial charge in [-0.15, -0.1) is 0 Å². The third-order valence-electron chi connectivity index (χ3n) is 2.34. The van der Waals surface area contributed by atoms with Crippen LogP contribution in [-0.4, -0.2) is 37.9 Å². The molecule has 0 spiro atoms. The lowest BCUT2D eigenvalue weighted by atomic mass is 10.3. The Kier molecular flexibility index (Phi) is 6.58. The number of aromatic nitrogens is 1. The number of nitrogens with one attached hydrogen (secondary N) is 1. The van der Waals surface area contributed by atoms with Crippen LogP contribution in [0.5, 0.6) is 5.75 Å². The van der Waals surface area contributed by atoms with Gasteiger partial charge >= 0.3 is 0 Å². The van der Waals surface area contributed by atoms with Crippen LogP contribution < -0.4 is 10.1 Å². The highest BCUT2D eigenvalue weighted by Crippen LogP contribution is 2.10. The van der Waals surface area contributed by atoms with Crippen molar-refractivity contribution in [1.29, 1.82) is 0 Å². The minimum absolute atomic E-state index is 0.0241. The molecule has 0 amide bonds. The molecule has 1 aromatic heterocycles. The van der Waals surface area contributed by atoms with Gasteiger partial charge in [0.2, 0.25) is 0 Å². The summed E-state index contributed by atoms with van der Waals surface area (Å²) in [7, 11) is 1.68. The number of nitrogens with zero attached hydrogens (tertiary/aromatic N) is 1. The number of aryl methyl sites for hydroxylation is 1. The summed E-state index contributed by atoms with van der Waals surface area (Å²) in [5, 5.41) is 3.33. The zero-order valence-electron chi connectivity index (χ0n) is 10.9. The summed E-state index contributed by atoms with van der Waals surface area (Å²) < 4.78 is 11.0. The van der Waals surface area contributed by atoms with E-state index in [-0.39, 0.29) is 6.10 Å². The normalized spacial score (nSPS) is 12.4. The van der Waals surface area contributed by atoms with Crippen LogP contribution in [0.3, 0.4) is 0 Å². The van der Waals surface area contributed by atoms with Crippen LogP contribution in [-0.2, 0) is 4.74 Å². The molecule has 17 heavy (non-hydrogen) atoms. The van der Waals surface area contributed by atoms with E-state index in [9.17, 15) is 0 Å². The third-order valence-corrected chi connectivity index (χ3v) is 2.34. The second kappa shape index (κ2) is 8.03. The number of hydrogen-bond donors (Lipinski definition) is 1. The number of rotatable bonds is 8. The van der Waals surface area contributed by atoms with Gasteiger partial charge in [0.05, 0.1) is 12.8 Å². The second-order valence-electron chi connectivity index (χ2n) is 4.03. The van der Waals surface area contributed by atoms with E-state index >= 15 is 0 Å². The van der Waals surface area contributed by atoms with Crippen molar-refractivity contribution in [3.05, 3.63) is 24.0 Å². The summed E-state index contributed by atoms with van der Waals surface area (Å²) in [4.78, 5) is 4.20. The van der Waals surface area contributed by atoms with Gasteiger partial charge in [-0.3, -0.25) is 4.98 Å². The Bertz CT molecular complexity index is 301. The molecular weight excluding hydrogens is 216 g/mol. The predicted molar refractivity (Wildman–Crippen MR) is 68.4 cm³/mol. The SMILES string of the molecule is CCCNCC(COC)Oc1ccc(C)nc1. The van der Waals surface area contributed by atoms with Crippen molar-refractivity contribution in [2.24, 2.45) is 0 Å². The maximum absolute atomic E-state index is 5.81. The second-order valence-corrected chi connectivity index (χ2v) is 4.03. The number of hydrogen-bond acceptors (Lipinski definition) is 4. The number of ether oxygens (including phenoxy) is 2. The highest BCUT2D eigenvalue weighted by atomic mass is 16.5. The molecule has 4 heteroatoms. The van der Waals surface area contributed by atoms with Gasteiger partial charge in [0, 0.05) is 19.3 Å². The Morgan fingerprint density at radius 2 is 2.24 bits per heavy atom. The van der Waals surface area contributed by atoms with E-state index in [0.717, 1.165) is 31.0 Å². The Hall–Kier alpha value is -1.13. The van der Waals surface area contributed by atoms with Crippen molar-refractivity contribution < 1.29 is 9.47 Å². The topological polar surface area (TPSA) is 43.4 Å². The average Bonchev–Trinajstić information content (AvgIpc) is 2.32. The summed E-state index contributed by atoms with van der Waals surface area (Å²) >= 11 is 0. The van der Waals surface area contributed by atoms with E-state index < -0.39 is 0 Å². The molecule has 1 N–H and O–H groups in total. The zero-order chi connectivity index (χ0) is 12.5. The van der Waals surface area contributed by atoms with Crippen molar-refractivity contribution in [3.63, 3.8) is 0 Å². The molecule has 1 rings (SSSR count). The van der Waals surface area contributed by atoms with Gasteiger partial charge in [0.1, 0.15) is 11.9 Å². The first kappa shape index (κ1) is 13.9. The first-order valence-electron chi connectivity index (χ1n) is 6.05. The summed E-state index contributed by atoms with van der Waals surface area (Å²) in [6.45, 7) is 6.46. The van der Waals surface area contributed by atoms with Crippen LogP contribution in [0.25, 0.3) is 0 Å². The molecule has 1 unspecified atom stereocenters. The third kappa shape index (κ3) is 5.65. The largest absolute Gasteiger partial charge is 0.485 e. The molecule has 1 aromatic rings. The fraction of sp³-hybridized carbons (Fsp3) is 0.615. The molecule has 0 aliphatic rings. The minimum Gasteiger partial charge on any atom is -0.485 e. The fourth-order valence-electron chi connectivity index (χ4n) is 1.48. The molecule has 0 aliphatic carbocycles. The quantitative estimate of drug-likeness (QED) is 0.701.